The van der Waals surface area contributed by atoms with Crippen LogP contribution >= 0.6 is 0 Å². The van der Waals surface area contributed by atoms with E-state index in [0.717, 1.165) is 41.9 Å². The molecule has 0 spiro atoms. The van der Waals surface area contributed by atoms with Gasteiger partial charge in [-0.1, -0.05) is 31.0 Å². The average molecular weight is 482 g/mol. The van der Waals surface area contributed by atoms with Gasteiger partial charge in [0.25, 0.3) is 5.91 Å². The first-order valence-electron chi connectivity index (χ1n) is 11.9. The van der Waals surface area contributed by atoms with Crippen molar-refractivity contribution in [1.29, 1.82) is 0 Å². The summed E-state index contributed by atoms with van der Waals surface area (Å²) in [5.74, 6) is 0.0299. The van der Waals surface area contributed by atoms with Crippen LogP contribution in [0, 0.1) is 5.82 Å². The Hall–Kier alpha value is -3.62. The number of hydrogen-bond donors (Lipinski definition) is 2. The molecule has 1 unspecified atom stereocenters. The molecular formula is C26H28FN3O5. The Morgan fingerprint density at radius 2 is 1.69 bits per heavy atom. The minimum absolute atomic E-state index is 0.245. The largest absolute Gasteiger partial charge is 0.486 e. The number of hydrogen-bond acceptors (Lipinski definition) is 5. The monoisotopic (exact) mass is 481 g/mol. The Morgan fingerprint density at radius 1 is 1.03 bits per heavy atom. The molecule has 2 N–H and O–H groups in total. The van der Waals surface area contributed by atoms with E-state index in [2.05, 4.69) is 10.6 Å². The van der Waals surface area contributed by atoms with E-state index in [0.29, 0.717) is 31.1 Å². The number of rotatable bonds is 6. The highest BCUT2D eigenvalue weighted by atomic mass is 19.1. The average Bonchev–Trinajstić information content (AvgIpc) is 3.43. The molecule has 2 heterocycles. The van der Waals surface area contributed by atoms with Gasteiger partial charge in [0.15, 0.2) is 11.5 Å². The quantitative estimate of drug-likeness (QED) is 0.619. The van der Waals surface area contributed by atoms with Crippen LogP contribution in [0.5, 0.6) is 11.5 Å². The minimum atomic E-state index is -1.36. The van der Waals surface area contributed by atoms with Crippen molar-refractivity contribution in [3.63, 3.8) is 0 Å². The maximum atomic E-state index is 13.3. The minimum Gasteiger partial charge on any atom is -0.486 e. The fourth-order valence-electron chi connectivity index (χ4n) is 5.28. The number of fused-ring (bicyclic) bond motifs is 1. The molecule has 3 aliphatic rings. The summed E-state index contributed by atoms with van der Waals surface area (Å²) < 4.78 is 24.7. The van der Waals surface area contributed by atoms with Crippen molar-refractivity contribution >= 4 is 17.8 Å². The SMILES string of the molecule is CC1(c2ccc(F)cc2)NC(=O)N(CC(=O)NCC2(c3ccc4c(c3)OCCO4)CCCC2)C1=O. The molecule has 0 bridgehead atoms. The normalized spacial score (nSPS) is 22.7. The Bertz CT molecular complexity index is 1160. The maximum Gasteiger partial charge on any atom is 0.325 e. The summed E-state index contributed by atoms with van der Waals surface area (Å²) in [6.07, 6.45) is 3.93. The van der Waals surface area contributed by atoms with Crippen LogP contribution in [0.25, 0.3) is 0 Å². The first-order chi connectivity index (χ1) is 16.8. The van der Waals surface area contributed by atoms with E-state index in [-0.39, 0.29) is 5.41 Å². The number of ether oxygens (including phenoxy) is 2. The zero-order valence-corrected chi connectivity index (χ0v) is 19.6. The Morgan fingerprint density at radius 3 is 2.40 bits per heavy atom. The molecule has 1 aliphatic carbocycles. The van der Waals surface area contributed by atoms with E-state index < -0.39 is 35.7 Å². The van der Waals surface area contributed by atoms with Crippen LogP contribution < -0.4 is 20.1 Å². The molecule has 35 heavy (non-hydrogen) atoms. The predicted octanol–water partition coefficient (Wildman–Crippen LogP) is 2.99. The van der Waals surface area contributed by atoms with E-state index in [1.165, 1.54) is 24.3 Å². The van der Waals surface area contributed by atoms with Crippen LogP contribution in [-0.4, -0.2) is 49.0 Å². The first-order valence-corrected chi connectivity index (χ1v) is 11.9. The third kappa shape index (κ3) is 4.19. The van der Waals surface area contributed by atoms with Crippen molar-refractivity contribution in [2.24, 2.45) is 0 Å². The molecule has 4 amide bonds. The highest BCUT2D eigenvalue weighted by Crippen LogP contribution is 2.44. The topological polar surface area (TPSA) is 97.0 Å². The van der Waals surface area contributed by atoms with Crippen molar-refractivity contribution < 1.29 is 28.2 Å². The summed E-state index contributed by atoms with van der Waals surface area (Å²) in [6, 6.07) is 10.6. The molecule has 184 valence electrons. The molecule has 5 rings (SSSR count). The van der Waals surface area contributed by atoms with Crippen molar-refractivity contribution in [3.8, 4) is 11.5 Å². The summed E-state index contributed by atoms with van der Waals surface area (Å²) in [7, 11) is 0. The number of nitrogens with one attached hydrogen (secondary N) is 2. The second kappa shape index (κ2) is 8.87. The maximum absolute atomic E-state index is 13.3. The van der Waals surface area contributed by atoms with Gasteiger partial charge < -0.3 is 20.1 Å². The number of amides is 4. The zero-order valence-electron chi connectivity index (χ0n) is 19.6. The second-order valence-corrected chi connectivity index (χ2v) is 9.58. The number of urea groups is 1. The molecule has 8 nitrogen and oxygen atoms in total. The molecule has 2 aliphatic heterocycles. The van der Waals surface area contributed by atoms with Crippen LogP contribution in [-0.2, 0) is 20.5 Å². The Kier molecular flexibility index (Phi) is 5.86. The molecule has 0 aromatic heterocycles. The van der Waals surface area contributed by atoms with Gasteiger partial charge in [-0.15, -0.1) is 0 Å². The van der Waals surface area contributed by atoms with Crippen LogP contribution in [0.1, 0.15) is 43.7 Å². The number of carbonyl (C=O) groups excluding carboxylic acids is 3. The molecular weight excluding hydrogens is 453 g/mol. The lowest BCUT2D eigenvalue weighted by Crippen LogP contribution is -2.46. The van der Waals surface area contributed by atoms with Gasteiger partial charge in [0.05, 0.1) is 0 Å². The third-order valence-electron chi connectivity index (χ3n) is 7.34. The lowest BCUT2D eigenvalue weighted by Gasteiger charge is -2.31. The fourth-order valence-corrected chi connectivity index (χ4v) is 5.28. The molecule has 0 radical (unpaired) electrons. The summed E-state index contributed by atoms with van der Waals surface area (Å²) in [5, 5.41) is 5.59. The van der Waals surface area contributed by atoms with Crippen LogP contribution in [0.3, 0.4) is 0 Å². The number of halogens is 1. The highest BCUT2D eigenvalue weighted by molar-refractivity contribution is 6.09. The van der Waals surface area contributed by atoms with Gasteiger partial charge in [-0.25, -0.2) is 9.18 Å². The molecule has 1 saturated carbocycles. The Balaban J connectivity index is 1.27. The summed E-state index contributed by atoms with van der Waals surface area (Å²) in [5.41, 5.74) is -0.0731. The van der Waals surface area contributed by atoms with E-state index >= 15 is 0 Å². The molecule has 1 saturated heterocycles. The van der Waals surface area contributed by atoms with E-state index in [4.69, 9.17) is 9.47 Å². The van der Waals surface area contributed by atoms with Crippen molar-refractivity contribution in [1.82, 2.24) is 15.5 Å². The standard InChI is InChI=1S/C26H28FN3O5/c1-25(17-4-7-19(27)8-5-17)23(32)30(24(33)29-25)15-22(31)28-16-26(10-2-3-11-26)18-6-9-20-21(14-18)35-13-12-34-20/h4-9,14H,2-3,10-13,15-16H2,1H3,(H,28,31)(H,29,33). The number of carbonyl (C=O) groups is 3. The summed E-state index contributed by atoms with van der Waals surface area (Å²) in [6.45, 7) is 2.58. The molecule has 2 aromatic carbocycles. The smallest absolute Gasteiger partial charge is 0.325 e. The molecule has 2 aromatic rings. The molecule has 9 heteroatoms. The van der Waals surface area contributed by atoms with Crippen molar-refractivity contribution in [2.45, 2.75) is 43.6 Å². The lowest BCUT2D eigenvalue weighted by molar-refractivity contribution is -0.134. The number of nitrogens with zero attached hydrogens (tertiary/aromatic N) is 1. The van der Waals surface area contributed by atoms with Gasteiger partial charge in [-0.3, -0.25) is 14.5 Å². The van der Waals surface area contributed by atoms with Gasteiger partial charge in [-0.2, -0.15) is 0 Å². The van der Waals surface area contributed by atoms with E-state index in [1.54, 1.807) is 6.92 Å². The molecule has 2 fully saturated rings. The number of benzene rings is 2. The lowest BCUT2D eigenvalue weighted by atomic mass is 9.78. The zero-order chi connectivity index (χ0) is 24.6. The van der Waals surface area contributed by atoms with Crippen LogP contribution in [0.4, 0.5) is 9.18 Å². The molecule has 1 atom stereocenters. The predicted molar refractivity (Wildman–Crippen MR) is 125 cm³/mol. The van der Waals surface area contributed by atoms with Gasteiger partial charge in [0, 0.05) is 12.0 Å². The third-order valence-corrected chi connectivity index (χ3v) is 7.34. The van der Waals surface area contributed by atoms with Gasteiger partial charge in [0.2, 0.25) is 5.91 Å². The second-order valence-electron chi connectivity index (χ2n) is 9.58. The summed E-state index contributed by atoms with van der Waals surface area (Å²) in [4.78, 5) is 39.4. The van der Waals surface area contributed by atoms with Gasteiger partial charge in [-0.05, 0) is 55.2 Å². The first kappa shape index (κ1) is 23.1. The van der Waals surface area contributed by atoms with Crippen molar-refractivity contribution in [2.75, 3.05) is 26.3 Å². The Labute approximate surface area is 202 Å². The fraction of sp³-hybridized carbons (Fsp3) is 0.423. The summed E-state index contributed by atoms with van der Waals surface area (Å²) >= 11 is 0. The van der Waals surface area contributed by atoms with E-state index in [9.17, 15) is 18.8 Å². The van der Waals surface area contributed by atoms with Gasteiger partial charge in [0.1, 0.15) is 31.1 Å². The van der Waals surface area contributed by atoms with Gasteiger partial charge >= 0.3 is 6.03 Å². The highest BCUT2D eigenvalue weighted by Gasteiger charge is 2.49. The van der Waals surface area contributed by atoms with Crippen LogP contribution in [0.2, 0.25) is 0 Å². The van der Waals surface area contributed by atoms with E-state index in [1.807, 2.05) is 18.2 Å². The van der Waals surface area contributed by atoms with Crippen LogP contribution in [0.15, 0.2) is 42.5 Å². The van der Waals surface area contributed by atoms with Crippen molar-refractivity contribution in [3.05, 3.63) is 59.4 Å². The number of imide groups is 1.